The molecule has 4 aromatic heterocycles. The molecule has 0 aliphatic carbocycles. The van der Waals surface area contributed by atoms with E-state index in [-0.39, 0.29) is 23.9 Å². The molecular formula is C41H53N11O3. The summed E-state index contributed by atoms with van der Waals surface area (Å²) in [5, 5.41) is 9.00. The number of aromatic nitrogens is 8. The van der Waals surface area contributed by atoms with Crippen LogP contribution in [0.5, 0.6) is 0 Å². The van der Waals surface area contributed by atoms with Crippen LogP contribution in [0.15, 0.2) is 64.6 Å². The van der Waals surface area contributed by atoms with Gasteiger partial charge in [0.2, 0.25) is 11.2 Å². The van der Waals surface area contributed by atoms with Crippen molar-refractivity contribution < 1.29 is 14.3 Å². The minimum atomic E-state index is -0.322. The van der Waals surface area contributed by atoms with Crippen LogP contribution < -0.4 is 11.2 Å². The second kappa shape index (κ2) is 15.8. The molecule has 0 saturated carbocycles. The van der Waals surface area contributed by atoms with Crippen LogP contribution in [0.2, 0.25) is 0 Å². The highest BCUT2D eigenvalue weighted by Crippen LogP contribution is 2.28. The molecule has 1 fully saturated rings. The van der Waals surface area contributed by atoms with E-state index in [0.29, 0.717) is 48.9 Å². The van der Waals surface area contributed by atoms with E-state index in [1.54, 1.807) is 15.4 Å². The van der Waals surface area contributed by atoms with Gasteiger partial charge in [0.05, 0.1) is 46.7 Å². The molecule has 290 valence electrons. The minimum absolute atomic E-state index is 0.0229. The number of hydrogen-bond donors (Lipinski definition) is 0. The monoisotopic (exact) mass is 747 g/mol. The van der Waals surface area contributed by atoms with Gasteiger partial charge in [-0.15, -0.1) is 0 Å². The molecule has 14 heteroatoms. The van der Waals surface area contributed by atoms with Gasteiger partial charge in [-0.1, -0.05) is 24.3 Å². The average Bonchev–Trinajstić information content (AvgIpc) is 3.92. The molecule has 2 unspecified atom stereocenters. The second-order valence-corrected chi connectivity index (χ2v) is 14.7. The van der Waals surface area contributed by atoms with Gasteiger partial charge in [0.15, 0.2) is 0 Å². The first kappa shape index (κ1) is 38.0. The average molecular weight is 748 g/mol. The number of amides is 2. The second-order valence-electron chi connectivity index (χ2n) is 14.7. The fraction of sp³-hybridized carbons (Fsp3) is 0.463. The number of hydrogen-bond acceptors (Lipinski definition) is 6. The Morgan fingerprint density at radius 1 is 0.727 bits per heavy atom. The fourth-order valence-electron chi connectivity index (χ4n) is 8.02. The van der Waals surface area contributed by atoms with Crippen molar-refractivity contribution in [2.75, 3.05) is 26.3 Å². The lowest BCUT2D eigenvalue weighted by molar-refractivity contribution is 0.0343. The molecular weight excluding hydrogens is 695 g/mol. The molecule has 55 heavy (non-hydrogen) atoms. The lowest BCUT2D eigenvalue weighted by atomic mass is 10.1. The van der Waals surface area contributed by atoms with E-state index in [4.69, 9.17) is 14.7 Å². The molecule has 1 aliphatic heterocycles. The third-order valence-electron chi connectivity index (χ3n) is 10.9. The SMILES string of the molecule is CCn1nc(C)cc1C(=O)N=c1n(C)c2ccccc2n1C(C)CCC(C)n1c(=NC(=O)c2cc(C)nn2CC)n(C)c2cccc(CN3CCOCC3)c21. The quantitative estimate of drug-likeness (QED) is 0.179. The standard InChI is InChI=1S/C41H53N11O3/c1-9-49-35(24-27(3)44-49)38(53)42-40-46(7)32-15-11-12-16-33(32)51(40)29(5)18-19-30(6)52-37-31(26-48-20-22-55-23-21-48)14-13-17-34(37)47(8)41(52)43-39(54)36-25-28(4)45-50(36)10-2/h11-17,24-25,29-30H,9-10,18-23,26H2,1-8H3. The fourth-order valence-corrected chi connectivity index (χ4v) is 8.02. The van der Waals surface area contributed by atoms with Gasteiger partial charge in [-0.05, 0) is 90.3 Å². The van der Waals surface area contributed by atoms with Crippen molar-refractivity contribution in [3.63, 3.8) is 0 Å². The van der Waals surface area contributed by atoms with Crippen molar-refractivity contribution in [1.29, 1.82) is 0 Å². The summed E-state index contributed by atoms with van der Waals surface area (Å²) in [5.41, 5.74) is 8.97. The number of para-hydroxylation sites is 3. The number of carbonyl (C=O) groups is 2. The van der Waals surface area contributed by atoms with Crippen molar-refractivity contribution in [2.45, 2.75) is 86.1 Å². The number of morpholine rings is 1. The van der Waals surface area contributed by atoms with E-state index in [1.807, 2.05) is 69.1 Å². The predicted octanol–water partition coefficient (Wildman–Crippen LogP) is 5.24. The van der Waals surface area contributed by atoms with Gasteiger partial charge in [-0.2, -0.15) is 20.2 Å². The third kappa shape index (κ3) is 7.28. The molecule has 5 heterocycles. The maximum atomic E-state index is 13.9. The first-order valence-electron chi connectivity index (χ1n) is 19.4. The van der Waals surface area contributed by atoms with Crippen LogP contribution in [-0.2, 0) is 38.5 Å². The number of benzene rings is 2. The zero-order valence-electron chi connectivity index (χ0n) is 33.4. The summed E-state index contributed by atoms with van der Waals surface area (Å²) in [6.45, 7) is 17.2. The zero-order valence-corrected chi connectivity index (χ0v) is 33.4. The Bertz CT molecular complexity index is 2510. The van der Waals surface area contributed by atoms with Crippen molar-refractivity contribution in [2.24, 2.45) is 24.1 Å². The number of nitrogens with zero attached hydrogens (tertiary/aromatic N) is 11. The third-order valence-corrected chi connectivity index (χ3v) is 10.9. The van der Waals surface area contributed by atoms with Gasteiger partial charge in [-0.3, -0.25) is 23.9 Å². The lowest BCUT2D eigenvalue weighted by Crippen LogP contribution is -2.36. The van der Waals surface area contributed by atoms with Gasteiger partial charge in [0.25, 0.3) is 11.8 Å². The minimum Gasteiger partial charge on any atom is -0.379 e. The van der Waals surface area contributed by atoms with Crippen LogP contribution in [0.3, 0.4) is 0 Å². The number of rotatable bonds is 11. The van der Waals surface area contributed by atoms with E-state index in [1.165, 1.54) is 5.56 Å². The summed E-state index contributed by atoms with van der Waals surface area (Å²) < 4.78 is 17.6. The van der Waals surface area contributed by atoms with Gasteiger partial charge in [-0.25, -0.2) is 0 Å². The lowest BCUT2D eigenvalue weighted by Gasteiger charge is -2.27. The van der Waals surface area contributed by atoms with E-state index in [9.17, 15) is 9.59 Å². The Balaban J connectivity index is 1.30. The number of ether oxygens (including phenoxy) is 1. The molecule has 14 nitrogen and oxygen atoms in total. The van der Waals surface area contributed by atoms with Crippen LogP contribution >= 0.6 is 0 Å². The zero-order chi connectivity index (χ0) is 39.0. The maximum Gasteiger partial charge on any atom is 0.298 e. The summed E-state index contributed by atoms with van der Waals surface area (Å²) in [6.07, 6.45) is 1.54. The molecule has 7 rings (SSSR count). The Hall–Kier alpha value is -5.34. The highest BCUT2D eigenvalue weighted by atomic mass is 16.5. The number of aryl methyl sites for hydroxylation is 6. The topological polar surface area (TPSA) is 127 Å². The Morgan fingerprint density at radius 2 is 1.24 bits per heavy atom. The molecule has 0 bridgehead atoms. The van der Waals surface area contributed by atoms with Crippen molar-refractivity contribution in [1.82, 2.24) is 42.7 Å². The molecule has 1 aliphatic rings. The summed E-state index contributed by atoms with van der Waals surface area (Å²) in [7, 11) is 3.95. The van der Waals surface area contributed by atoms with Gasteiger partial charge >= 0.3 is 0 Å². The van der Waals surface area contributed by atoms with Gasteiger partial charge in [0.1, 0.15) is 11.4 Å². The van der Waals surface area contributed by atoms with Crippen LogP contribution in [0.25, 0.3) is 22.1 Å². The van der Waals surface area contributed by atoms with E-state index >= 15 is 0 Å². The molecule has 0 radical (unpaired) electrons. The summed E-state index contributed by atoms with van der Waals surface area (Å²) in [6, 6.07) is 18.1. The highest BCUT2D eigenvalue weighted by molar-refractivity contribution is 5.94. The number of fused-ring (bicyclic) bond motifs is 2. The molecule has 6 aromatic rings. The van der Waals surface area contributed by atoms with E-state index in [0.717, 1.165) is 65.9 Å². The van der Waals surface area contributed by atoms with E-state index in [2.05, 4.69) is 68.4 Å². The largest absolute Gasteiger partial charge is 0.379 e. The number of imidazole rings is 2. The normalized spacial score (nSPS) is 15.8. The van der Waals surface area contributed by atoms with Crippen LogP contribution in [0.1, 0.15) is 90.5 Å². The first-order valence-corrected chi connectivity index (χ1v) is 19.4. The summed E-state index contributed by atoms with van der Waals surface area (Å²) >= 11 is 0. The van der Waals surface area contributed by atoms with Crippen molar-refractivity contribution >= 4 is 33.9 Å². The van der Waals surface area contributed by atoms with Crippen LogP contribution in [0, 0.1) is 13.8 Å². The number of carbonyl (C=O) groups excluding carboxylic acids is 2. The highest BCUT2D eigenvalue weighted by Gasteiger charge is 2.24. The summed E-state index contributed by atoms with van der Waals surface area (Å²) in [5.74, 6) is -0.642. The molecule has 2 aromatic carbocycles. The predicted molar refractivity (Wildman–Crippen MR) is 212 cm³/mol. The van der Waals surface area contributed by atoms with Crippen molar-refractivity contribution in [3.05, 3.63) is 94.2 Å². The Kier molecular flexibility index (Phi) is 10.9. The summed E-state index contributed by atoms with van der Waals surface area (Å²) in [4.78, 5) is 39.7. The molecule has 0 N–H and O–H groups in total. The molecule has 0 spiro atoms. The maximum absolute atomic E-state index is 13.9. The van der Waals surface area contributed by atoms with Gasteiger partial charge in [0, 0.05) is 58.9 Å². The Labute approximate surface area is 321 Å². The molecule has 2 amide bonds. The first-order chi connectivity index (χ1) is 26.5. The van der Waals surface area contributed by atoms with Crippen LogP contribution in [-0.4, -0.2) is 80.8 Å². The smallest absolute Gasteiger partial charge is 0.298 e. The molecule has 2 atom stereocenters. The van der Waals surface area contributed by atoms with Crippen LogP contribution in [0.4, 0.5) is 0 Å². The Morgan fingerprint density at radius 3 is 1.82 bits per heavy atom. The van der Waals surface area contributed by atoms with E-state index < -0.39 is 0 Å². The van der Waals surface area contributed by atoms with Crippen molar-refractivity contribution in [3.8, 4) is 0 Å². The van der Waals surface area contributed by atoms with Gasteiger partial charge < -0.3 is 23.0 Å². The molecule has 1 saturated heterocycles.